The van der Waals surface area contributed by atoms with Crippen molar-refractivity contribution >= 4 is 33.4 Å². The van der Waals surface area contributed by atoms with Crippen molar-refractivity contribution < 1.29 is 0 Å². The Balaban J connectivity index is 1.76. The van der Waals surface area contributed by atoms with Crippen LogP contribution in [0.2, 0.25) is 0 Å². The zero-order valence-corrected chi connectivity index (χ0v) is 14.6. The molecule has 2 heterocycles. The number of nitrogens with one attached hydrogen (secondary N) is 1. The van der Waals surface area contributed by atoms with Gasteiger partial charge in [0.05, 0.1) is 5.69 Å². The van der Waals surface area contributed by atoms with Gasteiger partial charge in [0.2, 0.25) is 5.95 Å². The first-order chi connectivity index (χ1) is 10.6. The molecule has 1 aliphatic heterocycles. The van der Waals surface area contributed by atoms with Gasteiger partial charge in [0.15, 0.2) is 0 Å². The second-order valence-electron chi connectivity index (χ2n) is 6.02. The van der Waals surface area contributed by atoms with Gasteiger partial charge in [-0.1, -0.05) is 13.0 Å². The summed E-state index contributed by atoms with van der Waals surface area (Å²) < 4.78 is 1.04. The number of halogens is 1. The highest BCUT2D eigenvalue weighted by molar-refractivity contribution is 9.10. The third-order valence-corrected chi connectivity index (χ3v) is 4.75. The van der Waals surface area contributed by atoms with Crippen molar-refractivity contribution in [2.75, 3.05) is 23.3 Å². The molecule has 0 unspecified atom stereocenters. The number of aromatic nitrogens is 2. The standard InChI is InChI=1S/C17H21BrN4/c1-12-6-9-22(10-7-12)17-19-8-5-16(21-17)20-15-4-3-13(2)11-14(15)18/h3-5,8,11-12H,6-7,9-10H2,1-2H3,(H,19,20,21). The van der Waals surface area contributed by atoms with Crippen LogP contribution in [0.1, 0.15) is 25.3 Å². The molecule has 0 amide bonds. The van der Waals surface area contributed by atoms with Crippen LogP contribution < -0.4 is 10.2 Å². The van der Waals surface area contributed by atoms with E-state index in [1.807, 2.05) is 12.3 Å². The molecule has 3 rings (SSSR count). The Morgan fingerprint density at radius 2 is 2.00 bits per heavy atom. The molecule has 1 saturated heterocycles. The van der Waals surface area contributed by atoms with E-state index in [1.54, 1.807) is 0 Å². The molecule has 1 aromatic heterocycles. The third-order valence-electron chi connectivity index (χ3n) is 4.10. The monoisotopic (exact) mass is 360 g/mol. The average Bonchev–Trinajstić information content (AvgIpc) is 2.51. The molecule has 0 bridgehead atoms. The van der Waals surface area contributed by atoms with Gasteiger partial charge in [0, 0.05) is 23.8 Å². The van der Waals surface area contributed by atoms with Gasteiger partial charge in [-0.15, -0.1) is 0 Å². The molecule has 116 valence electrons. The predicted octanol–water partition coefficient (Wildman–Crippen LogP) is 4.53. The van der Waals surface area contributed by atoms with Crippen molar-refractivity contribution in [3.8, 4) is 0 Å². The number of hydrogen-bond donors (Lipinski definition) is 1. The lowest BCUT2D eigenvalue weighted by Gasteiger charge is -2.30. The van der Waals surface area contributed by atoms with E-state index in [1.165, 1.54) is 18.4 Å². The summed E-state index contributed by atoms with van der Waals surface area (Å²) in [5.41, 5.74) is 2.24. The van der Waals surface area contributed by atoms with Crippen LogP contribution in [0.3, 0.4) is 0 Å². The first-order valence-corrected chi connectivity index (χ1v) is 8.52. The first-order valence-electron chi connectivity index (χ1n) is 7.73. The molecule has 0 spiro atoms. The third kappa shape index (κ3) is 3.58. The molecule has 1 N–H and O–H groups in total. The molecular weight excluding hydrogens is 340 g/mol. The second-order valence-corrected chi connectivity index (χ2v) is 6.87. The number of rotatable bonds is 3. The highest BCUT2D eigenvalue weighted by atomic mass is 79.9. The van der Waals surface area contributed by atoms with Crippen molar-refractivity contribution in [1.82, 2.24) is 9.97 Å². The Kier molecular flexibility index (Phi) is 4.62. The Morgan fingerprint density at radius 1 is 1.23 bits per heavy atom. The summed E-state index contributed by atoms with van der Waals surface area (Å²) in [5, 5.41) is 3.36. The Labute approximate surface area is 140 Å². The Morgan fingerprint density at radius 3 is 2.73 bits per heavy atom. The summed E-state index contributed by atoms with van der Waals surface area (Å²) in [6.45, 7) is 6.47. The van der Waals surface area contributed by atoms with Crippen LogP contribution in [0, 0.1) is 12.8 Å². The van der Waals surface area contributed by atoms with Crippen LogP contribution in [-0.2, 0) is 0 Å². The summed E-state index contributed by atoms with van der Waals surface area (Å²) in [7, 11) is 0. The minimum Gasteiger partial charge on any atom is -0.341 e. The second kappa shape index (κ2) is 6.65. The lowest BCUT2D eigenvalue weighted by atomic mass is 10.00. The summed E-state index contributed by atoms with van der Waals surface area (Å²) >= 11 is 3.59. The maximum atomic E-state index is 4.66. The van der Waals surface area contributed by atoms with Crippen molar-refractivity contribution in [2.45, 2.75) is 26.7 Å². The van der Waals surface area contributed by atoms with Crippen LogP contribution in [0.5, 0.6) is 0 Å². The van der Waals surface area contributed by atoms with Gasteiger partial charge in [-0.2, -0.15) is 4.98 Å². The lowest BCUT2D eigenvalue weighted by Crippen LogP contribution is -2.34. The number of benzene rings is 1. The van der Waals surface area contributed by atoms with Gasteiger partial charge in [-0.05, 0) is 65.4 Å². The number of nitrogens with zero attached hydrogens (tertiary/aromatic N) is 3. The fourth-order valence-electron chi connectivity index (χ4n) is 2.64. The summed E-state index contributed by atoms with van der Waals surface area (Å²) in [4.78, 5) is 11.4. The van der Waals surface area contributed by atoms with Crippen molar-refractivity contribution in [2.24, 2.45) is 5.92 Å². The zero-order valence-electron chi connectivity index (χ0n) is 13.0. The number of anilines is 3. The summed E-state index contributed by atoms with van der Waals surface area (Å²) in [6.07, 6.45) is 4.25. The number of hydrogen-bond acceptors (Lipinski definition) is 4. The molecule has 1 aromatic carbocycles. The number of aryl methyl sites for hydroxylation is 1. The van der Waals surface area contributed by atoms with Crippen LogP contribution >= 0.6 is 15.9 Å². The van der Waals surface area contributed by atoms with Crippen LogP contribution in [-0.4, -0.2) is 23.1 Å². The highest BCUT2D eigenvalue weighted by Crippen LogP contribution is 2.27. The maximum absolute atomic E-state index is 4.66. The van der Waals surface area contributed by atoms with E-state index < -0.39 is 0 Å². The van der Waals surface area contributed by atoms with Gasteiger partial charge in [-0.3, -0.25) is 0 Å². The normalized spacial score (nSPS) is 15.9. The minimum atomic E-state index is 0.807. The molecular formula is C17H21BrN4. The zero-order chi connectivity index (χ0) is 15.5. The maximum Gasteiger partial charge on any atom is 0.227 e. The largest absolute Gasteiger partial charge is 0.341 e. The summed E-state index contributed by atoms with van der Waals surface area (Å²) in [5.74, 6) is 2.45. The molecule has 22 heavy (non-hydrogen) atoms. The van der Waals surface area contributed by atoms with E-state index in [2.05, 4.69) is 68.2 Å². The Hall–Kier alpha value is -1.62. The predicted molar refractivity (Wildman–Crippen MR) is 94.8 cm³/mol. The average molecular weight is 361 g/mol. The van der Waals surface area contributed by atoms with E-state index in [0.29, 0.717) is 0 Å². The first kappa shape index (κ1) is 15.3. The van der Waals surface area contributed by atoms with Gasteiger partial charge in [0.25, 0.3) is 0 Å². The van der Waals surface area contributed by atoms with Crippen LogP contribution in [0.15, 0.2) is 34.9 Å². The quantitative estimate of drug-likeness (QED) is 0.872. The molecule has 0 aliphatic carbocycles. The van der Waals surface area contributed by atoms with E-state index in [9.17, 15) is 0 Å². The summed E-state index contributed by atoms with van der Waals surface area (Å²) in [6, 6.07) is 8.14. The molecule has 1 fully saturated rings. The van der Waals surface area contributed by atoms with Crippen molar-refractivity contribution in [1.29, 1.82) is 0 Å². The molecule has 5 heteroatoms. The minimum absolute atomic E-state index is 0.807. The van der Waals surface area contributed by atoms with E-state index in [0.717, 1.165) is 40.9 Å². The lowest BCUT2D eigenvalue weighted by molar-refractivity contribution is 0.434. The van der Waals surface area contributed by atoms with Gasteiger partial charge >= 0.3 is 0 Å². The van der Waals surface area contributed by atoms with E-state index in [-0.39, 0.29) is 0 Å². The smallest absolute Gasteiger partial charge is 0.227 e. The molecule has 1 aliphatic rings. The van der Waals surface area contributed by atoms with Gasteiger partial charge in [-0.25, -0.2) is 4.98 Å². The van der Waals surface area contributed by atoms with Gasteiger partial charge < -0.3 is 10.2 Å². The van der Waals surface area contributed by atoms with Crippen LogP contribution in [0.4, 0.5) is 17.5 Å². The fourth-order valence-corrected chi connectivity index (χ4v) is 3.23. The fraction of sp³-hybridized carbons (Fsp3) is 0.412. The molecule has 0 radical (unpaired) electrons. The molecule has 0 atom stereocenters. The van der Waals surface area contributed by atoms with Crippen molar-refractivity contribution in [3.05, 3.63) is 40.5 Å². The van der Waals surface area contributed by atoms with Gasteiger partial charge in [0.1, 0.15) is 5.82 Å². The number of piperidine rings is 1. The molecule has 0 saturated carbocycles. The highest BCUT2D eigenvalue weighted by Gasteiger charge is 2.18. The Bertz CT molecular complexity index is 651. The SMILES string of the molecule is Cc1ccc(Nc2ccnc(N3CCC(C)CC3)n2)c(Br)c1. The molecule has 4 nitrogen and oxygen atoms in total. The van der Waals surface area contributed by atoms with Crippen molar-refractivity contribution in [3.63, 3.8) is 0 Å². The van der Waals surface area contributed by atoms with Crippen LogP contribution in [0.25, 0.3) is 0 Å². The van der Waals surface area contributed by atoms with E-state index >= 15 is 0 Å². The topological polar surface area (TPSA) is 41.1 Å². The molecule has 2 aromatic rings. The van der Waals surface area contributed by atoms with E-state index in [4.69, 9.17) is 0 Å².